The summed E-state index contributed by atoms with van der Waals surface area (Å²) in [4.78, 5) is 0.235. The Morgan fingerprint density at radius 2 is 1.22 bits per heavy atom. The Hall–Kier alpha value is -2.47. The fraction of sp³-hybridized carbons (Fsp3) is 0.182. The Bertz CT molecular complexity index is 943. The van der Waals surface area contributed by atoms with Gasteiger partial charge in [-0.15, -0.1) is 0 Å². The average Bonchev–Trinajstić information content (AvgIpc) is 2.69. The van der Waals surface area contributed by atoms with E-state index in [0.29, 0.717) is 6.42 Å². The fourth-order valence-corrected chi connectivity index (χ4v) is 3.99. The first kappa shape index (κ1) is 19.3. The SMILES string of the molecule is CN(C)S(=O)(=O)c1ccc(CC(O)(c2ccccc2)c2ccccc2)cc1. The van der Waals surface area contributed by atoms with Gasteiger partial charge in [-0.3, -0.25) is 0 Å². The molecule has 0 heterocycles. The van der Waals surface area contributed by atoms with Crippen molar-refractivity contribution in [1.82, 2.24) is 4.31 Å². The van der Waals surface area contributed by atoms with Gasteiger partial charge in [0.1, 0.15) is 5.60 Å². The Labute approximate surface area is 160 Å². The second-order valence-corrected chi connectivity index (χ2v) is 8.85. The fourth-order valence-electron chi connectivity index (χ4n) is 3.08. The van der Waals surface area contributed by atoms with E-state index in [2.05, 4.69) is 0 Å². The van der Waals surface area contributed by atoms with Crippen LogP contribution < -0.4 is 0 Å². The van der Waals surface area contributed by atoms with Crippen LogP contribution in [0.5, 0.6) is 0 Å². The maximum Gasteiger partial charge on any atom is 0.242 e. The zero-order valence-electron chi connectivity index (χ0n) is 15.4. The Morgan fingerprint density at radius 1 is 0.778 bits per heavy atom. The first-order valence-corrected chi connectivity index (χ1v) is 10.1. The van der Waals surface area contributed by atoms with E-state index in [1.165, 1.54) is 18.4 Å². The van der Waals surface area contributed by atoms with Crippen molar-refractivity contribution < 1.29 is 13.5 Å². The number of benzene rings is 3. The van der Waals surface area contributed by atoms with Gasteiger partial charge >= 0.3 is 0 Å². The quantitative estimate of drug-likeness (QED) is 0.712. The molecule has 0 radical (unpaired) electrons. The molecule has 0 aliphatic heterocycles. The Kier molecular flexibility index (Phi) is 5.46. The summed E-state index contributed by atoms with van der Waals surface area (Å²) in [6, 6.07) is 25.7. The van der Waals surface area contributed by atoms with E-state index in [4.69, 9.17) is 0 Å². The Morgan fingerprint density at radius 3 is 1.63 bits per heavy atom. The maximum atomic E-state index is 12.2. The van der Waals surface area contributed by atoms with E-state index in [9.17, 15) is 13.5 Å². The van der Waals surface area contributed by atoms with Crippen molar-refractivity contribution in [3.05, 3.63) is 102 Å². The minimum absolute atomic E-state index is 0.235. The third kappa shape index (κ3) is 3.95. The lowest BCUT2D eigenvalue weighted by Gasteiger charge is -2.30. The number of nitrogens with zero attached hydrogens (tertiary/aromatic N) is 1. The lowest BCUT2D eigenvalue weighted by Crippen LogP contribution is -2.30. The number of hydrogen-bond acceptors (Lipinski definition) is 3. The third-order valence-electron chi connectivity index (χ3n) is 4.66. The zero-order valence-corrected chi connectivity index (χ0v) is 16.2. The molecular weight excluding hydrogens is 358 g/mol. The molecule has 3 rings (SSSR count). The highest BCUT2D eigenvalue weighted by atomic mass is 32.2. The Balaban J connectivity index is 1.99. The zero-order chi connectivity index (χ0) is 19.5. The van der Waals surface area contributed by atoms with E-state index >= 15 is 0 Å². The molecule has 0 atom stereocenters. The van der Waals surface area contributed by atoms with E-state index in [0.717, 1.165) is 16.7 Å². The minimum Gasteiger partial charge on any atom is -0.380 e. The van der Waals surface area contributed by atoms with Gasteiger partial charge in [0, 0.05) is 20.5 Å². The molecule has 0 fully saturated rings. The van der Waals surface area contributed by atoms with Gasteiger partial charge in [0.15, 0.2) is 0 Å². The molecule has 3 aromatic rings. The molecule has 0 saturated carbocycles. The molecule has 4 nitrogen and oxygen atoms in total. The smallest absolute Gasteiger partial charge is 0.242 e. The number of sulfonamides is 1. The standard InChI is InChI=1S/C22H23NO3S/c1-23(2)27(25,26)21-15-13-18(14-16-21)17-22(24,19-9-5-3-6-10-19)20-11-7-4-8-12-20/h3-16,24H,17H2,1-2H3. The molecule has 0 saturated heterocycles. The molecule has 140 valence electrons. The van der Waals surface area contributed by atoms with Crippen molar-refractivity contribution in [3.8, 4) is 0 Å². The van der Waals surface area contributed by atoms with E-state index in [-0.39, 0.29) is 4.90 Å². The first-order chi connectivity index (χ1) is 12.8. The summed E-state index contributed by atoms with van der Waals surface area (Å²) in [6.45, 7) is 0. The number of hydrogen-bond donors (Lipinski definition) is 1. The van der Waals surface area contributed by atoms with Gasteiger partial charge in [0.25, 0.3) is 0 Å². The van der Waals surface area contributed by atoms with Crippen LogP contribution in [0.15, 0.2) is 89.8 Å². The van der Waals surface area contributed by atoms with Crippen LogP contribution in [0.1, 0.15) is 16.7 Å². The summed E-state index contributed by atoms with van der Waals surface area (Å²) in [6.07, 6.45) is 0.337. The molecule has 3 aromatic carbocycles. The van der Waals surface area contributed by atoms with Gasteiger partial charge in [-0.05, 0) is 28.8 Å². The summed E-state index contributed by atoms with van der Waals surface area (Å²) < 4.78 is 25.7. The van der Waals surface area contributed by atoms with Gasteiger partial charge in [-0.2, -0.15) is 0 Å². The highest BCUT2D eigenvalue weighted by Gasteiger charge is 2.31. The second kappa shape index (κ2) is 7.64. The van der Waals surface area contributed by atoms with E-state index < -0.39 is 15.6 Å². The molecule has 1 N–H and O–H groups in total. The normalized spacial score (nSPS) is 12.3. The highest BCUT2D eigenvalue weighted by molar-refractivity contribution is 7.89. The van der Waals surface area contributed by atoms with Gasteiger partial charge in [0.2, 0.25) is 10.0 Å². The minimum atomic E-state index is -3.47. The predicted molar refractivity (Wildman–Crippen MR) is 107 cm³/mol. The van der Waals surface area contributed by atoms with Crippen molar-refractivity contribution in [2.45, 2.75) is 16.9 Å². The molecule has 0 unspecified atom stereocenters. The summed E-state index contributed by atoms with van der Waals surface area (Å²) in [7, 11) is -0.457. The van der Waals surface area contributed by atoms with Crippen LogP contribution in [0.25, 0.3) is 0 Å². The highest BCUT2D eigenvalue weighted by Crippen LogP contribution is 2.33. The molecule has 0 amide bonds. The predicted octanol–water partition coefficient (Wildman–Crippen LogP) is 3.42. The van der Waals surface area contributed by atoms with Crippen LogP contribution in [0.4, 0.5) is 0 Å². The van der Waals surface area contributed by atoms with Crippen molar-refractivity contribution in [3.63, 3.8) is 0 Å². The number of aliphatic hydroxyl groups is 1. The molecule has 0 aromatic heterocycles. The second-order valence-electron chi connectivity index (χ2n) is 6.70. The van der Waals surface area contributed by atoms with Crippen LogP contribution in [-0.2, 0) is 22.0 Å². The van der Waals surface area contributed by atoms with Crippen molar-refractivity contribution in [1.29, 1.82) is 0 Å². The van der Waals surface area contributed by atoms with Crippen LogP contribution in [0, 0.1) is 0 Å². The summed E-state index contributed by atoms with van der Waals surface area (Å²) >= 11 is 0. The molecule has 0 bridgehead atoms. The van der Waals surface area contributed by atoms with Gasteiger partial charge in [-0.25, -0.2) is 12.7 Å². The topological polar surface area (TPSA) is 57.6 Å². The molecule has 0 aliphatic carbocycles. The maximum absolute atomic E-state index is 12.2. The summed E-state index contributed by atoms with van der Waals surface area (Å²) in [5.74, 6) is 0. The van der Waals surface area contributed by atoms with E-state index in [1.807, 2.05) is 60.7 Å². The average molecular weight is 381 g/mol. The van der Waals surface area contributed by atoms with Crippen LogP contribution in [0.2, 0.25) is 0 Å². The van der Waals surface area contributed by atoms with Crippen LogP contribution in [-0.4, -0.2) is 31.9 Å². The van der Waals surface area contributed by atoms with Crippen LogP contribution >= 0.6 is 0 Å². The van der Waals surface area contributed by atoms with E-state index in [1.54, 1.807) is 24.3 Å². The largest absolute Gasteiger partial charge is 0.380 e. The van der Waals surface area contributed by atoms with Crippen molar-refractivity contribution in [2.75, 3.05) is 14.1 Å². The molecule has 0 aliphatic rings. The van der Waals surface area contributed by atoms with Gasteiger partial charge in [-0.1, -0.05) is 72.8 Å². The lowest BCUT2D eigenvalue weighted by molar-refractivity contribution is 0.0811. The van der Waals surface area contributed by atoms with Crippen molar-refractivity contribution in [2.24, 2.45) is 0 Å². The third-order valence-corrected chi connectivity index (χ3v) is 6.49. The van der Waals surface area contributed by atoms with Gasteiger partial charge < -0.3 is 5.11 Å². The van der Waals surface area contributed by atoms with Gasteiger partial charge in [0.05, 0.1) is 4.90 Å². The molecule has 5 heteroatoms. The molecule has 0 spiro atoms. The first-order valence-electron chi connectivity index (χ1n) is 8.69. The van der Waals surface area contributed by atoms with Crippen molar-refractivity contribution >= 4 is 10.0 Å². The van der Waals surface area contributed by atoms with Crippen LogP contribution in [0.3, 0.4) is 0 Å². The lowest BCUT2D eigenvalue weighted by atomic mass is 9.81. The monoisotopic (exact) mass is 381 g/mol. The summed E-state index contributed by atoms with van der Waals surface area (Å²) in [5, 5.41) is 11.6. The molecule has 27 heavy (non-hydrogen) atoms. The number of rotatable bonds is 6. The summed E-state index contributed by atoms with van der Waals surface area (Å²) in [5.41, 5.74) is 1.23. The molecular formula is C22H23NO3S.